The van der Waals surface area contributed by atoms with E-state index in [4.69, 9.17) is 0 Å². The average Bonchev–Trinajstić information content (AvgIpc) is 3.27. The van der Waals surface area contributed by atoms with Gasteiger partial charge >= 0.3 is 0 Å². The number of nitrogens with zero attached hydrogens (tertiary/aromatic N) is 4. The van der Waals surface area contributed by atoms with Crippen LogP contribution in [0, 0.1) is 6.92 Å². The van der Waals surface area contributed by atoms with Gasteiger partial charge in [-0.25, -0.2) is 14.6 Å². The Morgan fingerprint density at radius 3 is 2.76 bits per heavy atom. The molecule has 4 rings (SSSR count). The van der Waals surface area contributed by atoms with Crippen molar-refractivity contribution in [3.8, 4) is 5.69 Å². The molecule has 1 aromatic carbocycles. The van der Waals surface area contributed by atoms with E-state index in [1.165, 1.54) is 29.4 Å². The number of thioether (sulfide) groups is 1. The molecule has 0 spiro atoms. The quantitative estimate of drug-likeness (QED) is 0.301. The van der Waals surface area contributed by atoms with Gasteiger partial charge in [0.2, 0.25) is 0 Å². The summed E-state index contributed by atoms with van der Waals surface area (Å²) in [6, 6.07) is 13.7. The molecule has 4 aromatic rings. The Labute approximate surface area is 152 Å². The summed E-state index contributed by atoms with van der Waals surface area (Å²) in [4.78, 5) is 22.9. The Kier molecular flexibility index (Phi) is 4.33. The molecule has 25 heavy (non-hydrogen) atoms. The van der Waals surface area contributed by atoms with Crippen molar-refractivity contribution in [2.24, 2.45) is 0 Å². The second-order valence-corrected chi connectivity index (χ2v) is 7.68. The largest absolute Gasteiger partial charge is 0.292 e. The third kappa shape index (κ3) is 3.20. The van der Waals surface area contributed by atoms with E-state index in [2.05, 4.69) is 15.1 Å². The first-order valence-corrected chi connectivity index (χ1v) is 9.49. The SMILES string of the molecule is Cc1ccc(C(=O)CSc2ncnc3c2cnn3-c2ccccc2)s1. The second kappa shape index (κ2) is 6.78. The number of aromatic nitrogens is 4. The molecule has 0 unspecified atom stereocenters. The maximum atomic E-state index is 12.3. The van der Waals surface area contributed by atoms with Gasteiger partial charge in [-0.15, -0.1) is 11.3 Å². The lowest BCUT2D eigenvalue weighted by Gasteiger charge is -2.03. The molecule has 7 heteroatoms. The van der Waals surface area contributed by atoms with Crippen LogP contribution in [0.15, 0.2) is 60.0 Å². The number of rotatable bonds is 5. The summed E-state index contributed by atoms with van der Waals surface area (Å²) >= 11 is 2.95. The molecule has 0 aliphatic heterocycles. The van der Waals surface area contributed by atoms with Crippen molar-refractivity contribution >= 4 is 39.9 Å². The number of hydrogen-bond donors (Lipinski definition) is 0. The highest BCUT2D eigenvalue weighted by Crippen LogP contribution is 2.27. The van der Waals surface area contributed by atoms with Crippen LogP contribution < -0.4 is 0 Å². The van der Waals surface area contributed by atoms with Crippen molar-refractivity contribution in [1.82, 2.24) is 19.7 Å². The molecule has 0 bridgehead atoms. The lowest BCUT2D eigenvalue weighted by Crippen LogP contribution is -2.00. The Bertz CT molecular complexity index is 1040. The molecular weight excluding hydrogens is 352 g/mol. The van der Waals surface area contributed by atoms with E-state index >= 15 is 0 Å². The van der Waals surface area contributed by atoms with Gasteiger partial charge in [-0.05, 0) is 31.2 Å². The van der Waals surface area contributed by atoms with Gasteiger partial charge < -0.3 is 0 Å². The first-order valence-electron chi connectivity index (χ1n) is 7.69. The average molecular weight is 366 g/mol. The van der Waals surface area contributed by atoms with Crippen LogP contribution in [-0.4, -0.2) is 31.3 Å². The predicted octanol–water partition coefficient (Wildman–Crippen LogP) is 4.16. The van der Waals surface area contributed by atoms with E-state index in [-0.39, 0.29) is 5.78 Å². The summed E-state index contributed by atoms with van der Waals surface area (Å²) in [5.74, 6) is 0.466. The molecule has 0 N–H and O–H groups in total. The monoisotopic (exact) mass is 366 g/mol. The fraction of sp³-hybridized carbons (Fsp3) is 0.111. The Morgan fingerprint density at radius 1 is 1.16 bits per heavy atom. The number of fused-ring (bicyclic) bond motifs is 1. The number of hydrogen-bond acceptors (Lipinski definition) is 6. The van der Waals surface area contributed by atoms with Crippen LogP contribution in [0.2, 0.25) is 0 Å². The molecule has 0 radical (unpaired) electrons. The van der Waals surface area contributed by atoms with Crippen molar-refractivity contribution in [1.29, 1.82) is 0 Å². The third-order valence-electron chi connectivity index (χ3n) is 3.69. The van der Waals surface area contributed by atoms with Crippen LogP contribution in [0.4, 0.5) is 0 Å². The lowest BCUT2D eigenvalue weighted by atomic mass is 10.3. The zero-order valence-corrected chi connectivity index (χ0v) is 15.0. The van der Waals surface area contributed by atoms with Gasteiger partial charge in [0.05, 0.1) is 27.9 Å². The van der Waals surface area contributed by atoms with Gasteiger partial charge in [-0.1, -0.05) is 30.0 Å². The van der Waals surface area contributed by atoms with Gasteiger partial charge in [0.25, 0.3) is 0 Å². The van der Waals surface area contributed by atoms with E-state index in [0.717, 1.165) is 31.5 Å². The smallest absolute Gasteiger partial charge is 0.183 e. The molecule has 3 aromatic heterocycles. The highest BCUT2D eigenvalue weighted by molar-refractivity contribution is 8.00. The minimum atomic E-state index is 0.116. The maximum absolute atomic E-state index is 12.3. The van der Waals surface area contributed by atoms with E-state index in [9.17, 15) is 4.79 Å². The molecule has 124 valence electrons. The summed E-state index contributed by atoms with van der Waals surface area (Å²) in [5, 5.41) is 6.06. The van der Waals surface area contributed by atoms with Gasteiger partial charge in [0.1, 0.15) is 11.4 Å². The molecule has 0 aliphatic rings. The zero-order chi connectivity index (χ0) is 17.2. The first-order chi connectivity index (χ1) is 12.2. The van der Waals surface area contributed by atoms with Crippen LogP contribution in [0.1, 0.15) is 14.5 Å². The molecule has 0 fully saturated rings. The van der Waals surface area contributed by atoms with Crippen molar-refractivity contribution < 1.29 is 4.79 Å². The number of Topliss-reactive ketones (excluding diaryl/α,β-unsaturated/α-hetero) is 1. The molecule has 0 aliphatic carbocycles. The number of carbonyl (C=O) groups is 1. The second-order valence-electron chi connectivity index (χ2n) is 5.43. The fourth-order valence-electron chi connectivity index (χ4n) is 2.49. The van der Waals surface area contributed by atoms with Gasteiger partial charge in [0.15, 0.2) is 11.4 Å². The first kappa shape index (κ1) is 16.0. The van der Waals surface area contributed by atoms with Crippen LogP contribution in [-0.2, 0) is 0 Å². The zero-order valence-electron chi connectivity index (χ0n) is 13.4. The van der Waals surface area contributed by atoms with Crippen LogP contribution in [0.25, 0.3) is 16.7 Å². The molecule has 0 amide bonds. The Hall–Kier alpha value is -2.51. The number of thiophene rings is 1. The maximum Gasteiger partial charge on any atom is 0.183 e. The van der Waals surface area contributed by atoms with Gasteiger partial charge in [-0.2, -0.15) is 5.10 Å². The summed E-state index contributed by atoms with van der Waals surface area (Å²) in [5.41, 5.74) is 1.68. The number of benzene rings is 1. The van der Waals surface area contributed by atoms with E-state index in [0.29, 0.717) is 5.75 Å². The molecule has 0 atom stereocenters. The van der Waals surface area contributed by atoms with Crippen LogP contribution >= 0.6 is 23.1 Å². The summed E-state index contributed by atoms with van der Waals surface area (Å²) in [6.07, 6.45) is 3.27. The number of para-hydroxylation sites is 1. The Morgan fingerprint density at radius 2 is 2.00 bits per heavy atom. The highest BCUT2D eigenvalue weighted by atomic mass is 32.2. The van der Waals surface area contributed by atoms with E-state index < -0.39 is 0 Å². The molecule has 5 nitrogen and oxygen atoms in total. The van der Waals surface area contributed by atoms with Crippen molar-refractivity contribution in [3.05, 3.63) is 64.7 Å². The summed E-state index contributed by atoms with van der Waals surface area (Å²) < 4.78 is 1.78. The fourth-order valence-corrected chi connectivity index (χ4v) is 4.23. The topological polar surface area (TPSA) is 60.7 Å². The lowest BCUT2D eigenvalue weighted by molar-refractivity contribution is 0.102. The number of carbonyl (C=O) groups excluding carboxylic acids is 1. The van der Waals surface area contributed by atoms with E-state index in [1.807, 2.05) is 49.4 Å². The molecule has 0 saturated heterocycles. The van der Waals surface area contributed by atoms with Crippen LogP contribution in [0.5, 0.6) is 0 Å². The van der Waals surface area contributed by atoms with Gasteiger partial charge in [-0.3, -0.25) is 4.79 Å². The van der Waals surface area contributed by atoms with Gasteiger partial charge in [0, 0.05) is 4.88 Å². The molecule has 3 heterocycles. The molecule has 0 saturated carbocycles. The number of ketones is 1. The minimum absolute atomic E-state index is 0.116. The normalized spacial score (nSPS) is 11.1. The van der Waals surface area contributed by atoms with Crippen LogP contribution in [0.3, 0.4) is 0 Å². The number of aryl methyl sites for hydroxylation is 1. The summed E-state index contributed by atoms with van der Waals surface area (Å²) in [6.45, 7) is 2.00. The third-order valence-corrected chi connectivity index (χ3v) is 5.73. The standard InChI is InChI=1S/C18H14N4OS2/c1-12-7-8-16(25-12)15(23)10-24-18-14-9-21-22(17(14)19-11-20-18)13-5-3-2-4-6-13/h2-9,11H,10H2,1H3. The van der Waals surface area contributed by atoms with Crippen molar-refractivity contribution in [2.45, 2.75) is 11.9 Å². The van der Waals surface area contributed by atoms with Crippen molar-refractivity contribution in [2.75, 3.05) is 5.75 Å². The summed E-state index contributed by atoms with van der Waals surface area (Å²) in [7, 11) is 0. The van der Waals surface area contributed by atoms with E-state index in [1.54, 1.807) is 10.9 Å². The predicted molar refractivity (Wildman–Crippen MR) is 101 cm³/mol. The molecular formula is C18H14N4OS2. The van der Waals surface area contributed by atoms with Crippen molar-refractivity contribution in [3.63, 3.8) is 0 Å². The minimum Gasteiger partial charge on any atom is -0.292 e. The highest BCUT2D eigenvalue weighted by Gasteiger charge is 2.14. The Balaban J connectivity index is 1.61.